The minimum atomic E-state index is -4.68. The van der Waals surface area contributed by atoms with E-state index in [2.05, 4.69) is 0 Å². The van der Waals surface area contributed by atoms with Gasteiger partial charge in [0, 0.05) is 25.2 Å². The lowest BCUT2D eigenvalue weighted by molar-refractivity contribution is -0.143. The third-order valence-corrected chi connectivity index (χ3v) is 5.59. The first-order valence-electron chi connectivity index (χ1n) is 10.2. The van der Waals surface area contributed by atoms with Crippen molar-refractivity contribution in [2.75, 3.05) is 26.3 Å². The summed E-state index contributed by atoms with van der Waals surface area (Å²) in [6.45, 7) is 2.46. The van der Waals surface area contributed by atoms with Crippen LogP contribution in [0.2, 0.25) is 0 Å². The molecule has 0 bridgehead atoms. The largest absolute Gasteiger partial charge is 0.431 e. The smallest absolute Gasteiger partial charge is 0.378 e. The molecule has 0 saturated carbocycles. The number of amides is 1. The number of hydrogen-bond donors (Lipinski definition) is 0. The number of carbonyl (C=O) groups is 1. The van der Waals surface area contributed by atoms with Crippen LogP contribution >= 0.6 is 0 Å². The summed E-state index contributed by atoms with van der Waals surface area (Å²) < 4.78 is 62.7. The Morgan fingerprint density at radius 2 is 1.62 bits per heavy atom. The van der Waals surface area contributed by atoms with Crippen LogP contribution in [0.5, 0.6) is 0 Å². The molecule has 4 nitrogen and oxygen atoms in total. The van der Waals surface area contributed by atoms with Gasteiger partial charge in [0.15, 0.2) is 0 Å². The van der Waals surface area contributed by atoms with Crippen molar-refractivity contribution >= 4 is 5.91 Å². The summed E-state index contributed by atoms with van der Waals surface area (Å²) in [5, 5.41) is 0. The molecule has 1 aliphatic heterocycles. The van der Waals surface area contributed by atoms with Gasteiger partial charge in [-0.15, -0.1) is 0 Å². The van der Waals surface area contributed by atoms with Crippen LogP contribution in [0.15, 0.2) is 54.6 Å². The lowest BCUT2D eigenvalue weighted by Gasteiger charge is -2.28. The van der Waals surface area contributed by atoms with E-state index in [-0.39, 0.29) is 23.4 Å². The molecule has 2 heterocycles. The van der Waals surface area contributed by atoms with E-state index in [0.717, 1.165) is 4.57 Å². The fraction of sp³-hybridized carbons (Fsp3) is 0.292. The van der Waals surface area contributed by atoms with Gasteiger partial charge in [0.1, 0.15) is 17.2 Å². The molecule has 168 valence electrons. The van der Waals surface area contributed by atoms with E-state index in [1.54, 1.807) is 30.3 Å². The molecular formula is C24H22F4N2O2. The number of carbonyl (C=O) groups excluding carboxylic acids is 1. The van der Waals surface area contributed by atoms with Gasteiger partial charge in [-0.3, -0.25) is 4.79 Å². The Hall–Kier alpha value is -3.13. The topological polar surface area (TPSA) is 34.5 Å². The first-order chi connectivity index (χ1) is 15.3. The molecule has 2 aromatic carbocycles. The number of hydrogen-bond acceptors (Lipinski definition) is 2. The van der Waals surface area contributed by atoms with Crippen LogP contribution in [0, 0.1) is 12.7 Å². The summed E-state index contributed by atoms with van der Waals surface area (Å²) in [7, 11) is 0. The molecule has 0 radical (unpaired) electrons. The van der Waals surface area contributed by atoms with Crippen LogP contribution in [0.3, 0.4) is 0 Å². The summed E-state index contributed by atoms with van der Waals surface area (Å²) in [6, 6.07) is 13.9. The summed E-state index contributed by atoms with van der Waals surface area (Å²) in [4.78, 5) is 15.1. The first kappa shape index (κ1) is 22.1. The van der Waals surface area contributed by atoms with E-state index in [1.165, 1.54) is 36.1 Å². The predicted molar refractivity (Wildman–Crippen MR) is 112 cm³/mol. The van der Waals surface area contributed by atoms with Crippen molar-refractivity contribution < 1.29 is 27.1 Å². The molecule has 1 amide bonds. The van der Waals surface area contributed by atoms with E-state index in [9.17, 15) is 22.4 Å². The Balaban J connectivity index is 1.97. The van der Waals surface area contributed by atoms with Gasteiger partial charge in [0.2, 0.25) is 0 Å². The van der Waals surface area contributed by atoms with Gasteiger partial charge < -0.3 is 14.2 Å². The zero-order valence-corrected chi connectivity index (χ0v) is 17.5. The van der Waals surface area contributed by atoms with Gasteiger partial charge in [-0.2, -0.15) is 13.2 Å². The highest BCUT2D eigenvalue weighted by molar-refractivity contribution is 6.01. The number of morpholine rings is 1. The maximum Gasteiger partial charge on any atom is 0.431 e. The molecule has 1 fully saturated rings. The lowest BCUT2D eigenvalue weighted by Crippen LogP contribution is -2.41. The highest BCUT2D eigenvalue weighted by atomic mass is 19.4. The Labute approximate surface area is 183 Å². The fourth-order valence-corrected chi connectivity index (χ4v) is 4.14. The van der Waals surface area contributed by atoms with Crippen molar-refractivity contribution in [2.24, 2.45) is 0 Å². The van der Waals surface area contributed by atoms with Crippen LogP contribution in [-0.2, 0) is 17.5 Å². The van der Waals surface area contributed by atoms with Crippen molar-refractivity contribution in [3.8, 4) is 11.1 Å². The predicted octanol–water partition coefficient (Wildman–Crippen LogP) is 5.14. The molecule has 4 rings (SSSR count). The summed E-state index contributed by atoms with van der Waals surface area (Å²) >= 11 is 0. The van der Waals surface area contributed by atoms with Gasteiger partial charge in [-0.1, -0.05) is 42.5 Å². The van der Waals surface area contributed by atoms with Crippen LogP contribution < -0.4 is 0 Å². The van der Waals surface area contributed by atoms with Gasteiger partial charge in [0.05, 0.1) is 13.2 Å². The van der Waals surface area contributed by atoms with E-state index in [1.807, 2.05) is 0 Å². The van der Waals surface area contributed by atoms with E-state index in [0.29, 0.717) is 37.4 Å². The number of halogens is 4. The zero-order chi connectivity index (χ0) is 22.9. The SMILES string of the molecule is Cc1c(-c2ccc(F)cc2)c(C(=O)N2CCOCC2)n(Cc2ccccc2)c1C(F)(F)F. The molecule has 32 heavy (non-hydrogen) atoms. The van der Waals surface area contributed by atoms with Crippen LogP contribution in [0.1, 0.15) is 27.3 Å². The molecule has 8 heteroatoms. The van der Waals surface area contributed by atoms with Crippen LogP contribution in [0.25, 0.3) is 11.1 Å². The van der Waals surface area contributed by atoms with Gasteiger partial charge in [-0.05, 0) is 35.7 Å². The Morgan fingerprint density at radius 3 is 2.22 bits per heavy atom. The van der Waals surface area contributed by atoms with Crippen molar-refractivity contribution in [2.45, 2.75) is 19.6 Å². The molecule has 3 aromatic rings. The number of rotatable bonds is 4. The Kier molecular flexibility index (Phi) is 6.06. The third-order valence-electron chi connectivity index (χ3n) is 5.59. The van der Waals surface area contributed by atoms with E-state index >= 15 is 0 Å². The molecule has 1 aliphatic rings. The minimum absolute atomic E-state index is 0.0489. The maximum absolute atomic E-state index is 14.3. The fourth-order valence-electron chi connectivity index (χ4n) is 4.14. The Bertz CT molecular complexity index is 1100. The monoisotopic (exact) mass is 446 g/mol. The zero-order valence-electron chi connectivity index (χ0n) is 17.5. The van der Waals surface area contributed by atoms with Crippen LogP contribution in [0.4, 0.5) is 17.6 Å². The first-order valence-corrected chi connectivity index (χ1v) is 10.2. The number of alkyl halides is 3. The number of nitrogens with zero attached hydrogens (tertiary/aromatic N) is 2. The van der Waals surface area contributed by atoms with Crippen molar-refractivity contribution in [3.05, 3.63) is 82.9 Å². The van der Waals surface area contributed by atoms with Crippen molar-refractivity contribution in [1.29, 1.82) is 0 Å². The third kappa shape index (κ3) is 4.27. The highest BCUT2D eigenvalue weighted by Gasteiger charge is 2.41. The van der Waals surface area contributed by atoms with Gasteiger partial charge in [-0.25, -0.2) is 4.39 Å². The normalized spacial score (nSPS) is 14.6. The average Bonchev–Trinajstić information content (AvgIpc) is 3.07. The van der Waals surface area contributed by atoms with E-state index < -0.39 is 23.6 Å². The number of aromatic nitrogens is 1. The lowest BCUT2D eigenvalue weighted by atomic mass is 10.00. The molecule has 0 atom stereocenters. The standard InChI is InChI=1S/C24H22F4N2O2/c1-16-20(18-7-9-19(25)10-8-18)21(23(31)29-11-13-32-14-12-29)30(22(16)24(26,27)28)15-17-5-3-2-4-6-17/h2-10H,11-15H2,1H3. The minimum Gasteiger partial charge on any atom is -0.378 e. The molecule has 1 saturated heterocycles. The van der Waals surface area contributed by atoms with E-state index in [4.69, 9.17) is 4.74 Å². The second-order valence-electron chi connectivity index (χ2n) is 7.68. The van der Waals surface area contributed by atoms with Gasteiger partial charge in [0.25, 0.3) is 5.91 Å². The second kappa shape index (κ2) is 8.78. The van der Waals surface area contributed by atoms with Crippen molar-refractivity contribution in [1.82, 2.24) is 9.47 Å². The molecular weight excluding hydrogens is 424 g/mol. The summed E-state index contributed by atoms with van der Waals surface area (Å²) in [5.74, 6) is -1.01. The summed E-state index contributed by atoms with van der Waals surface area (Å²) in [6.07, 6.45) is -4.68. The molecule has 0 aliphatic carbocycles. The highest BCUT2D eigenvalue weighted by Crippen LogP contribution is 2.41. The molecule has 1 aromatic heterocycles. The van der Waals surface area contributed by atoms with Crippen molar-refractivity contribution in [3.63, 3.8) is 0 Å². The van der Waals surface area contributed by atoms with Gasteiger partial charge >= 0.3 is 6.18 Å². The Morgan fingerprint density at radius 1 is 1.00 bits per heavy atom. The maximum atomic E-state index is 14.3. The number of ether oxygens (including phenoxy) is 1. The van der Waals surface area contributed by atoms with Crippen LogP contribution in [-0.4, -0.2) is 41.7 Å². The molecule has 0 unspecified atom stereocenters. The molecule has 0 spiro atoms. The summed E-state index contributed by atoms with van der Waals surface area (Å²) in [5.41, 5.74) is 0.179. The second-order valence-corrected chi connectivity index (χ2v) is 7.68. The quantitative estimate of drug-likeness (QED) is 0.520. The number of benzene rings is 2. The average molecular weight is 446 g/mol. The molecule has 0 N–H and O–H groups in total.